The molecule has 0 radical (unpaired) electrons. The molecule has 22 heavy (non-hydrogen) atoms. The van der Waals surface area contributed by atoms with E-state index in [1.807, 2.05) is 68.4 Å². The Bertz CT molecular complexity index is 786. The summed E-state index contributed by atoms with van der Waals surface area (Å²) in [5.74, 6) is 2.03. The molecular formula is C18H15BrN2O. The number of halogens is 1. The Morgan fingerprint density at radius 3 is 2.23 bits per heavy atom. The van der Waals surface area contributed by atoms with Gasteiger partial charge in [0.2, 0.25) is 5.88 Å². The number of hydrogen-bond donors (Lipinski definition) is 0. The van der Waals surface area contributed by atoms with Gasteiger partial charge in [-0.25, -0.2) is 4.98 Å². The smallest absolute Gasteiger partial charge is 0.226 e. The van der Waals surface area contributed by atoms with Gasteiger partial charge < -0.3 is 4.74 Å². The highest BCUT2D eigenvalue weighted by Gasteiger charge is 2.11. The summed E-state index contributed by atoms with van der Waals surface area (Å²) >= 11 is 3.44. The van der Waals surface area contributed by atoms with E-state index in [2.05, 4.69) is 25.9 Å². The summed E-state index contributed by atoms with van der Waals surface area (Å²) < 4.78 is 6.94. The monoisotopic (exact) mass is 354 g/mol. The van der Waals surface area contributed by atoms with E-state index in [-0.39, 0.29) is 0 Å². The molecule has 0 N–H and O–H groups in total. The number of benzene rings is 2. The van der Waals surface area contributed by atoms with Crippen molar-refractivity contribution in [3.05, 3.63) is 70.3 Å². The second kappa shape index (κ2) is 6.28. The third kappa shape index (κ3) is 3.17. The highest BCUT2D eigenvalue weighted by atomic mass is 79.9. The first kappa shape index (κ1) is 14.7. The van der Waals surface area contributed by atoms with E-state index >= 15 is 0 Å². The summed E-state index contributed by atoms with van der Waals surface area (Å²) in [6.07, 6.45) is 0. The second-order valence-electron chi connectivity index (χ2n) is 4.98. The Balaban J connectivity index is 2.01. The Kier molecular flexibility index (Phi) is 4.20. The average molecular weight is 355 g/mol. The molecule has 3 rings (SSSR count). The lowest BCUT2D eigenvalue weighted by Gasteiger charge is -2.11. The highest BCUT2D eigenvalue weighted by Crippen LogP contribution is 2.27. The lowest BCUT2D eigenvalue weighted by molar-refractivity contribution is 0.457. The van der Waals surface area contributed by atoms with Crippen LogP contribution < -0.4 is 4.74 Å². The third-order valence-corrected chi connectivity index (χ3v) is 3.93. The van der Waals surface area contributed by atoms with E-state index in [4.69, 9.17) is 4.74 Å². The summed E-state index contributed by atoms with van der Waals surface area (Å²) in [4.78, 5) is 9.15. The van der Waals surface area contributed by atoms with Crippen LogP contribution in [0, 0.1) is 13.8 Å². The van der Waals surface area contributed by atoms with E-state index in [1.165, 1.54) is 0 Å². The Labute approximate surface area is 138 Å². The summed E-state index contributed by atoms with van der Waals surface area (Å²) in [6, 6.07) is 17.6. The van der Waals surface area contributed by atoms with Gasteiger partial charge >= 0.3 is 0 Å². The predicted octanol–water partition coefficient (Wildman–Crippen LogP) is 5.32. The zero-order valence-electron chi connectivity index (χ0n) is 12.4. The molecule has 0 aliphatic rings. The van der Waals surface area contributed by atoms with Crippen LogP contribution in [0.3, 0.4) is 0 Å². The first-order chi connectivity index (χ1) is 10.6. The molecule has 0 aliphatic heterocycles. The van der Waals surface area contributed by atoms with Gasteiger partial charge in [-0.1, -0.05) is 46.3 Å². The fourth-order valence-corrected chi connectivity index (χ4v) is 2.29. The van der Waals surface area contributed by atoms with Crippen molar-refractivity contribution in [2.75, 3.05) is 0 Å². The summed E-state index contributed by atoms with van der Waals surface area (Å²) in [5.41, 5.74) is 2.83. The zero-order valence-corrected chi connectivity index (χ0v) is 14.0. The molecule has 3 nitrogen and oxygen atoms in total. The molecule has 0 bridgehead atoms. The van der Waals surface area contributed by atoms with Gasteiger partial charge in [0.05, 0.1) is 0 Å². The number of nitrogens with zero attached hydrogens (tertiary/aromatic N) is 2. The molecule has 0 unspecified atom stereocenters. The van der Waals surface area contributed by atoms with Crippen molar-refractivity contribution in [3.63, 3.8) is 0 Å². The third-order valence-electron chi connectivity index (χ3n) is 3.40. The summed E-state index contributed by atoms with van der Waals surface area (Å²) in [5, 5.41) is 0. The molecule has 0 fully saturated rings. The summed E-state index contributed by atoms with van der Waals surface area (Å²) in [6.45, 7) is 3.94. The Hall–Kier alpha value is -2.20. The van der Waals surface area contributed by atoms with Crippen LogP contribution in [-0.2, 0) is 0 Å². The van der Waals surface area contributed by atoms with Crippen molar-refractivity contribution in [2.24, 2.45) is 0 Å². The van der Waals surface area contributed by atoms with Crippen LogP contribution >= 0.6 is 15.9 Å². The normalized spacial score (nSPS) is 10.5. The first-order valence-corrected chi connectivity index (χ1v) is 7.77. The highest BCUT2D eigenvalue weighted by molar-refractivity contribution is 9.10. The molecule has 0 atom stereocenters. The van der Waals surface area contributed by atoms with Gasteiger partial charge in [0.25, 0.3) is 0 Å². The van der Waals surface area contributed by atoms with Crippen molar-refractivity contribution in [3.8, 4) is 23.0 Å². The van der Waals surface area contributed by atoms with Crippen LogP contribution in [0.5, 0.6) is 11.6 Å². The molecule has 0 saturated heterocycles. The molecule has 0 aliphatic carbocycles. The fourth-order valence-electron chi connectivity index (χ4n) is 2.03. The standard InChI is InChI=1S/C18H15BrN2O/c1-12-13(2)20-17(14-8-10-15(19)11-9-14)21-18(12)22-16-6-4-3-5-7-16/h3-11H,1-2H3. The average Bonchev–Trinajstić information content (AvgIpc) is 2.53. The molecule has 1 heterocycles. The molecule has 2 aromatic carbocycles. The molecule has 110 valence electrons. The number of para-hydroxylation sites is 1. The maximum Gasteiger partial charge on any atom is 0.226 e. The molecular weight excluding hydrogens is 340 g/mol. The number of aryl methyl sites for hydroxylation is 1. The predicted molar refractivity (Wildman–Crippen MR) is 91.2 cm³/mol. The molecule has 0 saturated carbocycles. The maximum absolute atomic E-state index is 5.92. The van der Waals surface area contributed by atoms with E-state index in [0.717, 1.165) is 27.0 Å². The van der Waals surface area contributed by atoms with Gasteiger partial charge in [0.1, 0.15) is 5.75 Å². The summed E-state index contributed by atoms with van der Waals surface area (Å²) in [7, 11) is 0. The number of rotatable bonds is 3. The van der Waals surface area contributed by atoms with Crippen molar-refractivity contribution >= 4 is 15.9 Å². The lowest BCUT2D eigenvalue weighted by atomic mass is 10.2. The van der Waals surface area contributed by atoms with Crippen LogP contribution in [0.2, 0.25) is 0 Å². The number of hydrogen-bond acceptors (Lipinski definition) is 3. The van der Waals surface area contributed by atoms with Crippen LogP contribution in [0.15, 0.2) is 59.1 Å². The van der Waals surface area contributed by atoms with E-state index < -0.39 is 0 Å². The zero-order chi connectivity index (χ0) is 15.5. The Morgan fingerprint density at radius 2 is 1.55 bits per heavy atom. The van der Waals surface area contributed by atoms with Crippen molar-refractivity contribution in [2.45, 2.75) is 13.8 Å². The van der Waals surface area contributed by atoms with Crippen molar-refractivity contribution < 1.29 is 4.74 Å². The van der Waals surface area contributed by atoms with Crippen LogP contribution in [0.25, 0.3) is 11.4 Å². The van der Waals surface area contributed by atoms with Gasteiger partial charge in [-0.2, -0.15) is 4.98 Å². The van der Waals surface area contributed by atoms with Crippen LogP contribution in [-0.4, -0.2) is 9.97 Å². The molecule has 3 aromatic rings. The number of aromatic nitrogens is 2. The minimum Gasteiger partial charge on any atom is -0.439 e. The topological polar surface area (TPSA) is 35.0 Å². The van der Waals surface area contributed by atoms with Gasteiger partial charge in [-0.05, 0) is 38.1 Å². The van der Waals surface area contributed by atoms with Gasteiger partial charge in [-0.3, -0.25) is 0 Å². The van der Waals surface area contributed by atoms with Gasteiger partial charge in [0, 0.05) is 21.3 Å². The quantitative estimate of drug-likeness (QED) is 0.638. The SMILES string of the molecule is Cc1nc(-c2ccc(Br)cc2)nc(Oc2ccccc2)c1C. The molecule has 1 aromatic heterocycles. The Morgan fingerprint density at radius 1 is 0.864 bits per heavy atom. The molecule has 4 heteroatoms. The lowest BCUT2D eigenvalue weighted by Crippen LogP contribution is -2.00. The minimum absolute atomic E-state index is 0.594. The van der Waals surface area contributed by atoms with Crippen molar-refractivity contribution in [1.82, 2.24) is 9.97 Å². The van der Waals surface area contributed by atoms with E-state index in [9.17, 15) is 0 Å². The minimum atomic E-state index is 0.594. The van der Waals surface area contributed by atoms with Gasteiger partial charge in [-0.15, -0.1) is 0 Å². The van der Waals surface area contributed by atoms with Crippen LogP contribution in [0.1, 0.15) is 11.3 Å². The maximum atomic E-state index is 5.92. The van der Waals surface area contributed by atoms with E-state index in [1.54, 1.807) is 0 Å². The first-order valence-electron chi connectivity index (χ1n) is 6.97. The second-order valence-corrected chi connectivity index (χ2v) is 5.90. The van der Waals surface area contributed by atoms with Gasteiger partial charge in [0.15, 0.2) is 5.82 Å². The van der Waals surface area contributed by atoms with Crippen LogP contribution in [0.4, 0.5) is 0 Å². The molecule has 0 spiro atoms. The number of ether oxygens (including phenoxy) is 1. The van der Waals surface area contributed by atoms with Crippen molar-refractivity contribution in [1.29, 1.82) is 0 Å². The van der Waals surface area contributed by atoms with E-state index in [0.29, 0.717) is 11.7 Å². The largest absolute Gasteiger partial charge is 0.439 e. The molecule has 0 amide bonds. The fraction of sp³-hybridized carbons (Fsp3) is 0.111.